The molecule has 2 atom stereocenters. The fourth-order valence-electron chi connectivity index (χ4n) is 3.43. The molecule has 2 heterocycles. The third-order valence-corrected chi connectivity index (χ3v) is 4.88. The van der Waals surface area contributed by atoms with Crippen LogP contribution in [0.15, 0.2) is 48.7 Å². The fourth-order valence-corrected chi connectivity index (χ4v) is 3.43. The Labute approximate surface area is 147 Å². The molecule has 0 radical (unpaired) electrons. The molecule has 1 aliphatic carbocycles. The van der Waals surface area contributed by atoms with E-state index in [0.29, 0.717) is 12.5 Å². The number of ether oxygens (including phenoxy) is 1. The number of aromatic nitrogens is 1. The molecular weight excluding hydrogens is 314 g/mol. The van der Waals surface area contributed by atoms with E-state index in [9.17, 15) is 4.79 Å². The highest BCUT2D eigenvalue weighted by molar-refractivity contribution is 5.74. The Balaban J connectivity index is 1.33. The van der Waals surface area contributed by atoms with E-state index in [1.807, 2.05) is 36.4 Å². The number of carbonyl (C=O) groups is 1. The van der Waals surface area contributed by atoms with E-state index in [-0.39, 0.29) is 18.2 Å². The second-order valence-electron chi connectivity index (χ2n) is 6.81. The summed E-state index contributed by atoms with van der Waals surface area (Å²) in [6.07, 6.45) is 5.35. The van der Waals surface area contributed by atoms with Crippen molar-refractivity contribution >= 4 is 6.03 Å². The van der Waals surface area contributed by atoms with Crippen molar-refractivity contribution in [1.82, 2.24) is 15.6 Å². The highest BCUT2D eigenvalue weighted by Gasteiger charge is 2.41. The van der Waals surface area contributed by atoms with Gasteiger partial charge < -0.3 is 15.4 Å². The maximum Gasteiger partial charge on any atom is 0.315 e. The van der Waals surface area contributed by atoms with Crippen LogP contribution in [0.1, 0.15) is 24.8 Å². The van der Waals surface area contributed by atoms with Gasteiger partial charge in [-0.25, -0.2) is 4.79 Å². The minimum absolute atomic E-state index is 0.121. The lowest BCUT2D eigenvalue weighted by Crippen LogP contribution is -2.46. The van der Waals surface area contributed by atoms with E-state index in [1.54, 1.807) is 6.20 Å². The zero-order chi connectivity index (χ0) is 17.1. The van der Waals surface area contributed by atoms with Crippen molar-refractivity contribution in [2.45, 2.75) is 38.0 Å². The molecule has 0 bridgehead atoms. The number of nitrogens with one attached hydrogen (secondary N) is 2. The monoisotopic (exact) mass is 337 g/mol. The molecule has 4 rings (SSSR count). The van der Waals surface area contributed by atoms with Gasteiger partial charge in [0.1, 0.15) is 0 Å². The molecule has 1 saturated heterocycles. The Hall–Kier alpha value is -2.40. The van der Waals surface area contributed by atoms with Crippen molar-refractivity contribution in [3.05, 3.63) is 54.2 Å². The molecule has 5 nitrogen and oxygen atoms in total. The molecule has 1 aromatic carbocycles. The summed E-state index contributed by atoms with van der Waals surface area (Å²) in [7, 11) is 0. The predicted octanol–water partition coefficient (Wildman–Crippen LogP) is 3.12. The average molecular weight is 337 g/mol. The second-order valence-corrected chi connectivity index (χ2v) is 6.81. The molecule has 1 aromatic heterocycles. The van der Waals surface area contributed by atoms with E-state index in [1.165, 1.54) is 12.8 Å². The van der Waals surface area contributed by atoms with Crippen LogP contribution in [0.3, 0.4) is 0 Å². The largest absolute Gasteiger partial charge is 0.376 e. The number of carbonyl (C=O) groups excluding carboxylic acids is 1. The van der Waals surface area contributed by atoms with Gasteiger partial charge in [0, 0.05) is 24.9 Å². The van der Waals surface area contributed by atoms with Crippen LogP contribution in [0.5, 0.6) is 0 Å². The second kappa shape index (κ2) is 7.23. The van der Waals surface area contributed by atoms with E-state index in [2.05, 4.69) is 21.7 Å². The SMILES string of the molecule is O=C(NCc1cccc(-c2ccccn2)c1)N[C@H]1CCO[C@@H]1C1CC1. The molecule has 130 valence electrons. The number of urea groups is 1. The van der Waals surface area contributed by atoms with Crippen LogP contribution in [0.25, 0.3) is 11.3 Å². The van der Waals surface area contributed by atoms with Gasteiger partial charge in [-0.15, -0.1) is 0 Å². The van der Waals surface area contributed by atoms with Gasteiger partial charge in [0.25, 0.3) is 0 Å². The Morgan fingerprint density at radius 3 is 2.88 bits per heavy atom. The zero-order valence-electron chi connectivity index (χ0n) is 14.2. The Morgan fingerprint density at radius 2 is 2.08 bits per heavy atom. The third-order valence-electron chi connectivity index (χ3n) is 4.88. The predicted molar refractivity (Wildman–Crippen MR) is 95.9 cm³/mol. The number of pyridine rings is 1. The van der Waals surface area contributed by atoms with E-state index in [4.69, 9.17) is 4.74 Å². The van der Waals surface area contributed by atoms with Crippen molar-refractivity contribution in [3.63, 3.8) is 0 Å². The van der Waals surface area contributed by atoms with Crippen molar-refractivity contribution in [3.8, 4) is 11.3 Å². The van der Waals surface area contributed by atoms with Crippen LogP contribution < -0.4 is 10.6 Å². The lowest BCUT2D eigenvalue weighted by atomic mass is 10.1. The van der Waals surface area contributed by atoms with Crippen LogP contribution in [0.2, 0.25) is 0 Å². The maximum absolute atomic E-state index is 12.2. The molecule has 5 heteroatoms. The molecule has 2 N–H and O–H groups in total. The summed E-state index contributed by atoms with van der Waals surface area (Å²) in [5, 5.41) is 6.04. The summed E-state index contributed by atoms with van der Waals surface area (Å²) in [4.78, 5) is 16.6. The maximum atomic E-state index is 12.2. The average Bonchev–Trinajstić information content (AvgIpc) is 3.40. The summed E-state index contributed by atoms with van der Waals surface area (Å²) >= 11 is 0. The van der Waals surface area contributed by atoms with Crippen LogP contribution in [-0.2, 0) is 11.3 Å². The lowest BCUT2D eigenvalue weighted by Gasteiger charge is -2.19. The number of amides is 2. The smallest absolute Gasteiger partial charge is 0.315 e. The van der Waals surface area contributed by atoms with Gasteiger partial charge in [0.15, 0.2) is 0 Å². The van der Waals surface area contributed by atoms with Gasteiger partial charge in [0.2, 0.25) is 0 Å². The van der Waals surface area contributed by atoms with Gasteiger partial charge in [0.05, 0.1) is 17.8 Å². The summed E-state index contributed by atoms with van der Waals surface area (Å²) in [5.41, 5.74) is 3.04. The number of nitrogens with zero attached hydrogens (tertiary/aromatic N) is 1. The summed E-state index contributed by atoms with van der Waals surface area (Å²) < 4.78 is 5.77. The Kier molecular flexibility index (Phi) is 4.65. The van der Waals surface area contributed by atoms with Crippen LogP contribution in [0.4, 0.5) is 4.79 Å². The van der Waals surface area contributed by atoms with E-state index in [0.717, 1.165) is 29.8 Å². The number of hydrogen-bond acceptors (Lipinski definition) is 3. The van der Waals surface area contributed by atoms with E-state index >= 15 is 0 Å². The first-order valence-corrected chi connectivity index (χ1v) is 8.96. The molecule has 1 aliphatic heterocycles. The van der Waals surface area contributed by atoms with Crippen molar-refractivity contribution in [2.75, 3.05) is 6.61 Å². The molecule has 25 heavy (non-hydrogen) atoms. The number of benzene rings is 1. The molecule has 2 aliphatic rings. The zero-order valence-corrected chi connectivity index (χ0v) is 14.2. The Bertz CT molecular complexity index is 731. The molecule has 2 aromatic rings. The van der Waals surface area contributed by atoms with Gasteiger partial charge in [-0.3, -0.25) is 4.98 Å². The van der Waals surface area contributed by atoms with Crippen LogP contribution in [-0.4, -0.2) is 29.8 Å². The van der Waals surface area contributed by atoms with Crippen molar-refractivity contribution < 1.29 is 9.53 Å². The number of hydrogen-bond donors (Lipinski definition) is 2. The minimum Gasteiger partial charge on any atom is -0.376 e. The molecular formula is C20H23N3O2. The number of rotatable bonds is 5. The van der Waals surface area contributed by atoms with Crippen LogP contribution >= 0.6 is 0 Å². The summed E-state index contributed by atoms with van der Waals surface area (Å²) in [6.45, 7) is 1.24. The molecule has 2 fully saturated rings. The molecule has 1 saturated carbocycles. The standard InChI is InChI=1S/C20H23N3O2/c24-20(23-18-9-11-25-19(18)15-7-8-15)22-13-14-4-3-5-16(12-14)17-6-1-2-10-21-17/h1-6,10,12,15,18-19H,7-9,11,13H2,(H2,22,23,24)/t18-,19+/m0/s1. The summed E-state index contributed by atoms with van der Waals surface area (Å²) in [5.74, 6) is 0.642. The molecule has 0 unspecified atom stereocenters. The minimum atomic E-state index is -0.121. The van der Waals surface area contributed by atoms with Crippen molar-refractivity contribution in [2.24, 2.45) is 5.92 Å². The topological polar surface area (TPSA) is 63.2 Å². The van der Waals surface area contributed by atoms with Crippen LogP contribution in [0, 0.1) is 5.92 Å². The highest BCUT2D eigenvalue weighted by Crippen LogP contribution is 2.38. The van der Waals surface area contributed by atoms with Gasteiger partial charge in [-0.2, -0.15) is 0 Å². The normalized spacial score (nSPS) is 22.6. The Morgan fingerprint density at radius 1 is 1.16 bits per heavy atom. The highest BCUT2D eigenvalue weighted by atomic mass is 16.5. The molecule has 2 amide bonds. The van der Waals surface area contributed by atoms with Gasteiger partial charge >= 0.3 is 6.03 Å². The first kappa shape index (κ1) is 16.1. The fraction of sp³-hybridized carbons (Fsp3) is 0.400. The first-order chi connectivity index (χ1) is 12.3. The van der Waals surface area contributed by atoms with E-state index < -0.39 is 0 Å². The molecule has 0 spiro atoms. The lowest BCUT2D eigenvalue weighted by molar-refractivity contribution is 0.0825. The van der Waals surface area contributed by atoms with Gasteiger partial charge in [-0.1, -0.05) is 24.3 Å². The van der Waals surface area contributed by atoms with Crippen molar-refractivity contribution in [1.29, 1.82) is 0 Å². The third kappa shape index (κ3) is 3.99. The first-order valence-electron chi connectivity index (χ1n) is 8.96. The quantitative estimate of drug-likeness (QED) is 0.881. The summed E-state index contributed by atoms with van der Waals surface area (Å²) in [6, 6.07) is 14.0. The van der Waals surface area contributed by atoms with Gasteiger partial charge in [-0.05, 0) is 48.9 Å².